The van der Waals surface area contributed by atoms with Crippen LogP contribution in [0.5, 0.6) is 0 Å². The Balaban J connectivity index is 3.24. The molecule has 0 spiro atoms. The maximum atomic E-state index is 9.12. The minimum atomic E-state index is 0.319. The van der Waals surface area contributed by atoms with E-state index in [2.05, 4.69) is 6.92 Å². The molecule has 86 valence electrons. The zero-order valence-electron chi connectivity index (χ0n) is 9.54. The Bertz CT molecular complexity index is 104. The van der Waals surface area contributed by atoms with E-state index in [9.17, 15) is 0 Å². The van der Waals surface area contributed by atoms with Crippen molar-refractivity contribution in [3.8, 4) is 0 Å². The van der Waals surface area contributed by atoms with Crippen molar-refractivity contribution in [3.05, 3.63) is 0 Å². The molecule has 0 radical (unpaired) electrons. The van der Waals surface area contributed by atoms with E-state index in [0.29, 0.717) is 19.1 Å². The maximum Gasteiger partial charge on any atom is 0.0459 e. The van der Waals surface area contributed by atoms with Gasteiger partial charge in [-0.3, -0.25) is 0 Å². The molecule has 0 saturated heterocycles. The van der Waals surface area contributed by atoms with Crippen molar-refractivity contribution in [2.24, 2.45) is 5.92 Å². The third-order valence-corrected chi connectivity index (χ3v) is 2.74. The minimum absolute atomic E-state index is 0.319. The van der Waals surface area contributed by atoms with Gasteiger partial charge in [-0.2, -0.15) is 0 Å². The normalized spacial score (nSPS) is 13.1. The third-order valence-electron chi connectivity index (χ3n) is 2.74. The minimum Gasteiger partial charge on any atom is -0.396 e. The summed E-state index contributed by atoms with van der Waals surface area (Å²) in [6.07, 6.45) is 9.25. The molecule has 0 aromatic rings. The van der Waals surface area contributed by atoms with Gasteiger partial charge in [-0.05, 0) is 25.2 Å². The van der Waals surface area contributed by atoms with Gasteiger partial charge in [0.1, 0.15) is 0 Å². The molecule has 0 aromatic carbocycles. The molecule has 0 heterocycles. The lowest BCUT2D eigenvalue weighted by Gasteiger charge is -2.12. The molecule has 0 aliphatic heterocycles. The highest BCUT2D eigenvalue weighted by molar-refractivity contribution is 4.58. The second kappa shape index (κ2) is 11.0. The van der Waals surface area contributed by atoms with Gasteiger partial charge in [0.05, 0.1) is 0 Å². The summed E-state index contributed by atoms with van der Waals surface area (Å²) in [4.78, 5) is 0. The molecule has 0 saturated carbocycles. The van der Waals surface area contributed by atoms with Gasteiger partial charge >= 0.3 is 0 Å². The highest BCUT2D eigenvalue weighted by Crippen LogP contribution is 2.16. The first kappa shape index (κ1) is 13.9. The van der Waals surface area contributed by atoms with E-state index in [1.165, 1.54) is 32.1 Å². The topological polar surface area (TPSA) is 40.5 Å². The highest BCUT2D eigenvalue weighted by Gasteiger charge is 2.05. The zero-order chi connectivity index (χ0) is 10.6. The average molecular weight is 202 g/mol. The van der Waals surface area contributed by atoms with Crippen LogP contribution in [0.2, 0.25) is 0 Å². The molecular formula is C12H26O2. The first-order chi connectivity index (χ1) is 6.85. The summed E-state index contributed by atoms with van der Waals surface area (Å²) in [7, 11) is 0. The Morgan fingerprint density at radius 1 is 0.857 bits per heavy atom. The van der Waals surface area contributed by atoms with Crippen LogP contribution in [-0.2, 0) is 0 Å². The summed E-state index contributed by atoms with van der Waals surface area (Å²) in [6.45, 7) is 2.86. The Hall–Kier alpha value is -0.0800. The van der Waals surface area contributed by atoms with Gasteiger partial charge in [0, 0.05) is 13.2 Å². The van der Waals surface area contributed by atoms with Crippen molar-refractivity contribution < 1.29 is 10.2 Å². The monoisotopic (exact) mass is 202 g/mol. The van der Waals surface area contributed by atoms with Crippen LogP contribution in [0.1, 0.15) is 58.3 Å². The fourth-order valence-electron chi connectivity index (χ4n) is 1.72. The molecular weight excluding hydrogens is 176 g/mol. The molecule has 2 nitrogen and oxygen atoms in total. The van der Waals surface area contributed by atoms with Crippen molar-refractivity contribution in [3.63, 3.8) is 0 Å². The summed E-state index contributed by atoms with van der Waals surface area (Å²) >= 11 is 0. The number of rotatable bonds is 10. The SMILES string of the molecule is CCCCC(CO)CCCCCCO. The fraction of sp³-hybridized carbons (Fsp3) is 1.00. The van der Waals surface area contributed by atoms with Gasteiger partial charge in [-0.1, -0.05) is 39.0 Å². The Morgan fingerprint density at radius 2 is 1.50 bits per heavy atom. The van der Waals surface area contributed by atoms with Crippen LogP contribution in [0.3, 0.4) is 0 Å². The molecule has 0 bridgehead atoms. The van der Waals surface area contributed by atoms with E-state index in [4.69, 9.17) is 10.2 Å². The number of hydrogen-bond acceptors (Lipinski definition) is 2. The van der Waals surface area contributed by atoms with E-state index in [-0.39, 0.29) is 0 Å². The molecule has 0 aromatic heterocycles. The van der Waals surface area contributed by atoms with E-state index >= 15 is 0 Å². The van der Waals surface area contributed by atoms with Crippen LogP contribution in [0.4, 0.5) is 0 Å². The molecule has 2 N–H and O–H groups in total. The smallest absolute Gasteiger partial charge is 0.0459 e. The lowest BCUT2D eigenvalue weighted by Crippen LogP contribution is -2.05. The van der Waals surface area contributed by atoms with E-state index < -0.39 is 0 Å². The fourth-order valence-corrected chi connectivity index (χ4v) is 1.72. The van der Waals surface area contributed by atoms with E-state index in [1.54, 1.807) is 0 Å². The van der Waals surface area contributed by atoms with Crippen molar-refractivity contribution >= 4 is 0 Å². The number of hydrogen-bond donors (Lipinski definition) is 2. The van der Waals surface area contributed by atoms with Gasteiger partial charge < -0.3 is 10.2 Å². The standard InChI is InChI=1S/C12H26O2/c1-2-3-8-12(11-14)9-6-4-5-7-10-13/h12-14H,2-11H2,1H3. The van der Waals surface area contributed by atoms with Crippen LogP contribution in [0, 0.1) is 5.92 Å². The van der Waals surface area contributed by atoms with Crippen molar-refractivity contribution in [2.45, 2.75) is 58.3 Å². The van der Waals surface area contributed by atoms with E-state index in [0.717, 1.165) is 19.3 Å². The van der Waals surface area contributed by atoms with Crippen LogP contribution >= 0.6 is 0 Å². The first-order valence-electron chi connectivity index (χ1n) is 6.06. The maximum absolute atomic E-state index is 9.12. The van der Waals surface area contributed by atoms with Crippen LogP contribution < -0.4 is 0 Å². The third kappa shape index (κ3) is 8.52. The van der Waals surface area contributed by atoms with E-state index in [1.807, 2.05) is 0 Å². The summed E-state index contributed by atoms with van der Waals surface area (Å²) in [5, 5.41) is 17.7. The lowest BCUT2D eigenvalue weighted by atomic mass is 9.96. The molecule has 0 fully saturated rings. The van der Waals surface area contributed by atoms with Gasteiger partial charge in [0.25, 0.3) is 0 Å². The van der Waals surface area contributed by atoms with Crippen LogP contribution in [0.25, 0.3) is 0 Å². The first-order valence-corrected chi connectivity index (χ1v) is 6.06. The van der Waals surface area contributed by atoms with Gasteiger partial charge in [0.15, 0.2) is 0 Å². The molecule has 0 amide bonds. The molecule has 0 aliphatic rings. The van der Waals surface area contributed by atoms with Crippen LogP contribution in [0.15, 0.2) is 0 Å². The molecule has 0 aliphatic carbocycles. The predicted octanol–water partition coefficient (Wildman–Crippen LogP) is 2.73. The Kier molecular flexibility index (Phi) is 10.9. The number of aliphatic hydroxyl groups is 2. The summed E-state index contributed by atoms with van der Waals surface area (Å²) < 4.78 is 0. The van der Waals surface area contributed by atoms with Crippen LogP contribution in [-0.4, -0.2) is 23.4 Å². The second-order valence-electron chi connectivity index (χ2n) is 4.12. The highest BCUT2D eigenvalue weighted by atomic mass is 16.3. The summed E-state index contributed by atoms with van der Waals surface area (Å²) in [5.41, 5.74) is 0. The van der Waals surface area contributed by atoms with Crippen molar-refractivity contribution in [2.75, 3.05) is 13.2 Å². The average Bonchev–Trinajstić information content (AvgIpc) is 2.22. The van der Waals surface area contributed by atoms with Gasteiger partial charge in [0.2, 0.25) is 0 Å². The van der Waals surface area contributed by atoms with Gasteiger partial charge in [-0.15, -0.1) is 0 Å². The molecule has 2 heteroatoms. The molecule has 14 heavy (non-hydrogen) atoms. The quantitative estimate of drug-likeness (QED) is 0.535. The molecule has 1 atom stereocenters. The number of unbranched alkanes of at least 4 members (excludes halogenated alkanes) is 4. The predicted molar refractivity (Wildman–Crippen MR) is 60.3 cm³/mol. The summed E-state index contributed by atoms with van der Waals surface area (Å²) in [6, 6.07) is 0. The Labute approximate surface area is 88.3 Å². The molecule has 0 rings (SSSR count). The van der Waals surface area contributed by atoms with Gasteiger partial charge in [-0.25, -0.2) is 0 Å². The molecule has 1 unspecified atom stereocenters. The van der Waals surface area contributed by atoms with Crippen molar-refractivity contribution in [1.82, 2.24) is 0 Å². The number of aliphatic hydroxyl groups excluding tert-OH is 2. The lowest BCUT2D eigenvalue weighted by molar-refractivity contribution is 0.204. The largest absolute Gasteiger partial charge is 0.396 e. The zero-order valence-corrected chi connectivity index (χ0v) is 9.54. The summed E-state index contributed by atoms with van der Waals surface area (Å²) in [5.74, 6) is 0.518. The van der Waals surface area contributed by atoms with Crippen molar-refractivity contribution in [1.29, 1.82) is 0 Å². The second-order valence-corrected chi connectivity index (χ2v) is 4.12. The Morgan fingerprint density at radius 3 is 2.07 bits per heavy atom.